The van der Waals surface area contributed by atoms with E-state index in [0.717, 1.165) is 5.56 Å². The van der Waals surface area contributed by atoms with Crippen LogP contribution in [0.1, 0.15) is 30.9 Å². The fraction of sp³-hybridized carbons (Fsp3) is 0.368. The Bertz CT molecular complexity index is 862. The van der Waals surface area contributed by atoms with Gasteiger partial charge in [-0.25, -0.2) is 13.1 Å². The van der Waals surface area contributed by atoms with Crippen LogP contribution in [0.15, 0.2) is 41.3 Å². The Morgan fingerprint density at radius 3 is 2.15 bits per heavy atom. The molecule has 0 unspecified atom stereocenters. The Labute approximate surface area is 155 Å². The summed E-state index contributed by atoms with van der Waals surface area (Å²) < 4.78 is 43.8. The van der Waals surface area contributed by atoms with E-state index in [-0.39, 0.29) is 17.4 Å². The van der Waals surface area contributed by atoms with Crippen LogP contribution in [0.5, 0.6) is 17.2 Å². The van der Waals surface area contributed by atoms with Gasteiger partial charge in [-0.05, 0) is 47.9 Å². The lowest BCUT2D eigenvalue weighted by Gasteiger charge is -2.15. The second-order valence-electron chi connectivity index (χ2n) is 6.06. The summed E-state index contributed by atoms with van der Waals surface area (Å²) in [6, 6.07) is 10.1. The number of rotatable bonds is 8. The second-order valence-corrected chi connectivity index (χ2v) is 7.83. The third kappa shape index (κ3) is 4.47. The minimum absolute atomic E-state index is 0.0890. The Kier molecular flexibility index (Phi) is 6.50. The highest BCUT2D eigenvalue weighted by molar-refractivity contribution is 7.89. The Balaban J connectivity index is 2.28. The first-order valence-corrected chi connectivity index (χ1v) is 9.69. The molecule has 2 aromatic rings. The highest BCUT2D eigenvalue weighted by atomic mass is 32.2. The zero-order valence-corrected chi connectivity index (χ0v) is 16.5. The summed E-state index contributed by atoms with van der Waals surface area (Å²) in [7, 11) is 0.982. The lowest BCUT2D eigenvalue weighted by molar-refractivity contribution is 0.398. The smallest absolute Gasteiger partial charge is 0.240 e. The minimum Gasteiger partial charge on any atom is -0.497 e. The largest absolute Gasteiger partial charge is 0.497 e. The van der Waals surface area contributed by atoms with Crippen LogP contribution in [0.3, 0.4) is 0 Å². The molecule has 0 aliphatic rings. The molecule has 142 valence electrons. The number of hydrogen-bond acceptors (Lipinski definition) is 5. The first-order chi connectivity index (χ1) is 12.3. The highest BCUT2D eigenvalue weighted by Gasteiger charge is 2.18. The molecule has 6 nitrogen and oxygen atoms in total. The van der Waals surface area contributed by atoms with Gasteiger partial charge in [-0.1, -0.05) is 13.8 Å². The fourth-order valence-corrected chi connectivity index (χ4v) is 3.65. The molecule has 0 spiro atoms. The summed E-state index contributed by atoms with van der Waals surface area (Å²) in [4.78, 5) is 0.198. The molecule has 2 aromatic carbocycles. The van der Waals surface area contributed by atoms with Crippen LogP contribution in [-0.4, -0.2) is 29.7 Å². The summed E-state index contributed by atoms with van der Waals surface area (Å²) >= 11 is 0. The molecule has 0 aliphatic heterocycles. The van der Waals surface area contributed by atoms with E-state index in [1.807, 2.05) is 13.8 Å². The molecule has 7 heteroatoms. The normalized spacial score (nSPS) is 11.5. The van der Waals surface area contributed by atoms with E-state index in [2.05, 4.69) is 4.72 Å². The molecule has 0 aliphatic carbocycles. The van der Waals surface area contributed by atoms with E-state index >= 15 is 0 Å². The van der Waals surface area contributed by atoms with Gasteiger partial charge < -0.3 is 14.2 Å². The van der Waals surface area contributed by atoms with Crippen molar-refractivity contribution in [3.63, 3.8) is 0 Å². The number of nitrogens with one attached hydrogen (secondary N) is 1. The number of ether oxygens (including phenoxy) is 3. The van der Waals surface area contributed by atoms with E-state index in [0.29, 0.717) is 22.8 Å². The molecule has 0 aromatic heterocycles. The fourth-order valence-electron chi connectivity index (χ4n) is 2.61. The van der Waals surface area contributed by atoms with Crippen molar-refractivity contribution in [3.8, 4) is 17.2 Å². The van der Waals surface area contributed by atoms with Crippen LogP contribution in [0, 0.1) is 0 Å². The van der Waals surface area contributed by atoms with Crippen molar-refractivity contribution >= 4 is 10.0 Å². The molecule has 0 bridgehead atoms. The van der Waals surface area contributed by atoms with Gasteiger partial charge in [0.05, 0.1) is 26.2 Å². The van der Waals surface area contributed by atoms with Crippen LogP contribution < -0.4 is 18.9 Å². The summed E-state index contributed by atoms with van der Waals surface area (Å²) in [5, 5.41) is 0. The van der Waals surface area contributed by atoms with Crippen LogP contribution >= 0.6 is 0 Å². The summed E-state index contributed by atoms with van der Waals surface area (Å²) in [6.07, 6.45) is 0. The summed E-state index contributed by atoms with van der Waals surface area (Å²) in [6.45, 7) is 4.07. The van der Waals surface area contributed by atoms with Gasteiger partial charge in [-0.15, -0.1) is 0 Å². The van der Waals surface area contributed by atoms with Gasteiger partial charge in [0.2, 0.25) is 10.0 Å². The van der Waals surface area contributed by atoms with Crippen molar-refractivity contribution in [2.75, 3.05) is 21.3 Å². The van der Waals surface area contributed by atoms with Crippen molar-refractivity contribution in [2.24, 2.45) is 0 Å². The minimum atomic E-state index is -3.69. The van der Waals surface area contributed by atoms with Gasteiger partial charge in [-0.2, -0.15) is 0 Å². The van der Waals surface area contributed by atoms with Gasteiger partial charge in [0, 0.05) is 12.1 Å². The van der Waals surface area contributed by atoms with Crippen LogP contribution in [0.4, 0.5) is 0 Å². The lowest BCUT2D eigenvalue weighted by atomic mass is 10.0. The third-order valence-electron chi connectivity index (χ3n) is 4.07. The molecule has 0 amide bonds. The van der Waals surface area contributed by atoms with E-state index in [4.69, 9.17) is 14.2 Å². The van der Waals surface area contributed by atoms with E-state index in [1.165, 1.54) is 13.2 Å². The van der Waals surface area contributed by atoms with Gasteiger partial charge in [-0.3, -0.25) is 0 Å². The monoisotopic (exact) mass is 379 g/mol. The number of benzene rings is 2. The van der Waals surface area contributed by atoms with Crippen LogP contribution in [0.25, 0.3) is 0 Å². The maximum absolute atomic E-state index is 12.7. The predicted molar refractivity (Wildman–Crippen MR) is 101 cm³/mol. The molecule has 0 saturated heterocycles. The molecule has 1 N–H and O–H groups in total. The summed E-state index contributed by atoms with van der Waals surface area (Å²) in [5.74, 6) is 2.03. The Hall–Kier alpha value is -2.25. The number of hydrogen-bond donors (Lipinski definition) is 1. The molecule has 0 fully saturated rings. The zero-order chi connectivity index (χ0) is 19.3. The topological polar surface area (TPSA) is 73.9 Å². The molecule has 2 rings (SSSR count). The molecular formula is C19H25NO5S. The maximum Gasteiger partial charge on any atom is 0.240 e. The average molecular weight is 379 g/mol. The number of methoxy groups -OCH3 is 3. The standard InChI is InChI=1S/C19H25NO5S/c1-13(2)17-11-16(7-9-19(17)25-5)26(21,22)20-12-14-10-15(23-3)6-8-18(14)24-4/h6-11,13,20H,12H2,1-5H3. The predicted octanol–water partition coefficient (Wildman–Crippen LogP) is 3.31. The highest BCUT2D eigenvalue weighted by Crippen LogP contribution is 2.29. The van der Waals surface area contributed by atoms with Crippen LogP contribution in [0.2, 0.25) is 0 Å². The molecular weight excluding hydrogens is 354 g/mol. The van der Waals surface area contributed by atoms with Gasteiger partial charge in [0.25, 0.3) is 0 Å². The van der Waals surface area contributed by atoms with Crippen molar-refractivity contribution in [1.29, 1.82) is 0 Å². The molecule has 26 heavy (non-hydrogen) atoms. The van der Waals surface area contributed by atoms with Gasteiger partial charge in [0.1, 0.15) is 17.2 Å². The molecule has 0 saturated carbocycles. The van der Waals surface area contributed by atoms with Crippen molar-refractivity contribution in [1.82, 2.24) is 4.72 Å². The zero-order valence-electron chi connectivity index (χ0n) is 15.7. The lowest BCUT2D eigenvalue weighted by Crippen LogP contribution is -2.23. The number of sulfonamides is 1. The molecule has 0 radical (unpaired) electrons. The first kappa shape index (κ1) is 20.1. The quantitative estimate of drug-likeness (QED) is 0.762. The Morgan fingerprint density at radius 2 is 1.58 bits per heavy atom. The maximum atomic E-state index is 12.7. The molecule has 0 atom stereocenters. The summed E-state index contributed by atoms with van der Waals surface area (Å²) in [5.41, 5.74) is 1.53. The average Bonchev–Trinajstić information content (AvgIpc) is 2.65. The third-order valence-corrected chi connectivity index (χ3v) is 5.47. The van der Waals surface area contributed by atoms with Crippen molar-refractivity contribution in [3.05, 3.63) is 47.5 Å². The second kappa shape index (κ2) is 8.42. The van der Waals surface area contributed by atoms with Crippen molar-refractivity contribution < 1.29 is 22.6 Å². The van der Waals surface area contributed by atoms with E-state index in [9.17, 15) is 8.42 Å². The SMILES string of the molecule is COc1ccc(OC)c(CNS(=O)(=O)c2ccc(OC)c(C(C)C)c2)c1. The van der Waals surface area contributed by atoms with Gasteiger partial charge in [0.15, 0.2) is 0 Å². The van der Waals surface area contributed by atoms with Gasteiger partial charge >= 0.3 is 0 Å². The van der Waals surface area contributed by atoms with E-state index in [1.54, 1.807) is 44.6 Å². The molecule has 0 heterocycles. The Morgan fingerprint density at radius 1 is 0.923 bits per heavy atom. The van der Waals surface area contributed by atoms with Crippen LogP contribution in [-0.2, 0) is 16.6 Å². The van der Waals surface area contributed by atoms with E-state index < -0.39 is 10.0 Å². The first-order valence-electron chi connectivity index (χ1n) is 8.21. The van der Waals surface area contributed by atoms with Crippen molar-refractivity contribution in [2.45, 2.75) is 31.2 Å².